The number of benzene rings is 1. The second-order valence-corrected chi connectivity index (χ2v) is 12.3. The number of rotatable bonds is 5. The zero-order valence-corrected chi connectivity index (χ0v) is 21.5. The van der Waals surface area contributed by atoms with Crippen molar-refractivity contribution in [3.8, 4) is 0 Å². The van der Waals surface area contributed by atoms with Crippen LogP contribution in [0.25, 0.3) is 0 Å². The topological polar surface area (TPSA) is 51.2 Å². The van der Waals surface area contributed by atoms with Gasteiger partial charge in [-0.05, 0) is 105 Å². The fourth-order valence-electron chi connectivity index (χ4n) is 5.19. The van der Waals surface area contributed by atoms with Crippen LogP contribution in [0, 0.1) is 0 Å². The molecule has 1 aromatic rings. The molecule has 0 aromatic heterocycles. The molecule has 0 bridgehead atoms. The van der Waals surface area contributed by atoms with Crippen LogP contribution in [-0.4, -0.2) is 67.1 Å². The smallest absolute Gasteiger partial charge is 0.427 e. The predicted octanol–water partition coefficient (Wildman–Crippen LogP) is 2.32. The van der Waals surface area contributed by atoms with Crippen molar-refractivity contribution in [3.05, 3.63) is 23.3 Å². The standard InChI is InChI=1S/C25H40B2NO4/c1-21(2,29)22(3,4)30-26-18-10-11-19(27-31-23(5,6)24(7,8)32-27)20-17(18)12-13-25(20)14-15-28(9)16-25/h10-11,29H,12-16H2,1-9H3. The van der Waals surface area contributed by atoms with Gasteiger partial charge < -0.3 is 24.0 Å². The van der Waals surface area contributed by atoms with Gasteiger partial charge in [0.1, 0.15) is 0 Å². The summed E-state index contributed by atoms with van der Waals surface area (Å²) in [6, 6.07) is 4.32. The van der Waals surface area contributed by atoms with E-state index in [4.69, 9.17) is 14.0 Å². The lowest BCUT2D eigenvalue weighted by atomic mass is 9.66. The van der Waals surface area contributed by atoms with E-state index in [9.17, 15) is 5.11 Å². The number of likely N-dealkylation sites (N-methyl/N-ethyl adjacent to an activating group) is 1. The van der Waals surface area contributed by atoms with Gasteiger partial charge in [0.15, 0.2) is 0 Å². The Balaban J connectivity index is 1.73. The number of nitrogens with zero attached hydrogens (tertiary/aromatic N) is 1. The predicted molar refractivity (Wildman–Crippen MR) is 131 cm³/mol. The average Bonchev–Trinajstić information content (AvgIpc) is 3.27. The van der Waals surface area contributed by atoms with Gasteiger partial charge in [-0.15, -0.1) is 0 Å². The summed E-state index contributed by atoms with van der Waals surface area (Å²) in [6.07, 6.45) is 3.32. The number of likely N-dealkylation sites (tertiary alicyclic amines) is 1. The zero-order chi connectivity index (χ0) is 23.7. The Morgan fingerprint density at radius 1 is 1.06 bits per heavy atom. The van der Waals surface area contributed by atoms with Gasteiger partial charge in [0.2, 0.25) is 0 Å². The molecule has 175 valence electrons. The van der Waals surface area contributed by atoms with E-state index in [1.807, 2.05) is 21.3 Å². The van der Waals surface area contributed by atoms with E-state index in [1.165, 1.54) is 16.6 Å². The molecular weight excluding hydrogens is 400 g/mol. The van der Waals surface area contributed by atoms with Crippen molar-refractivity contribution in [1.82, 2.24) is 4.90 Å². The number of hydrogen-bond acceptors (Lipinski definition) is 5. The molecule has 1 spiro atoms. The van der Waals surface area contributed by atoms with Crippen LogP contribution in [0.5, 0.6) is 0 Å². The first-order valence-electron chi connectivity index (χ1n) is 12.0. The summed E-state index contributed by atoms with van der Waals surface area (Å²) in [5, 5.41) is 10.5. The van der Waals surface area contributed by atoms with E-state index >= 15 is 0 Å². The van der Waals surface area contributed by atoms with Crippen molar-refractivity contribution in [3.63, 3.8) is 0 Å². The van der Waals surface area contributed by atoms with E-state index in [0.717, 1.165) is 37.8 Å². The lowest BCUT2D eigenvalue weighted by Gasteiger charge is -2.37. The molecule has 2 fully saturated rings. The lowest BCUT2D eigenvalue weighted by Crippen LogP contribution is -2.50. The van der Waals surface area contributed by atoms with E-state index in [2.05, 4.69) is 51.8 Å². The molecular formula is C25H40B2NO4. The maximum absolute atomic E-state index is 10.5. The Morgan fingerprint density at radius 3 is 2.22 bits per heavy atom. The highest BCUT2D eigenvalue weighted by Gasteiger charge is 2.55. The summed E-state index contributed by atoms with van der Waals surface area (Å²) in [4.78, 5) is 2.44. The molecule has 1 N–H and O–H groups in total. The van der Waals surface area contributed by atoms with Gasteiger partial charge in [-0.1, -0.05) is 17.6 Å². The van der Waals surface area contributed by atoms with Crippen molar-refractivity contribution in [1.29, 1.82) is 0 Å². The third kappa shape index (κ3) is 3.88. The van der Waals surface area contributed by atoms with Crippen LogP contribution in [-0.2, 0) is 25.8 Å². The van der Waals surface area contributed by atoms with Crippen molar-refractivity contribution in [2.24, 2.45) is 0 Å². The van der Waals surface area contributed by atoms with Crippen LogP contribution < -0.4 is 10.9 Å². The Kier molecular flexibility index (Phi) is 5.75. The molecule has 0 amide bonds. The minimum absolute atomic E-state index is 0.138. The summed E-state index contributed by atoms with van der Waals surface area (Å²) in [5.41, 5.74) is 2.77. The van der Waals surface area contributed by atoms with Crippen LogP contribution in [0.4, 0.5) is 0 Å². The highest BCUT2D eigenvalue weighted by molar-refractivity contribution is 6.63. The molecule has 1 atom stereocenters. The van der Waals surface area contributed by atoms with Gasteiger partial charge in [0.05, 0.1) is 22.4 Å². The maximum atomic E-state index is 10.5. The number of fused-ring (bicyclic) bond motifs is 2. The second-order valence-electron chi connectivity index (χ2n) is 12.3. The van der Waals surface area contributed by atoms with Crippen LogP contribution >= 0.6 is 0 Å². The zero-order valence-electron chi connectivity index (χ0n) is 21.5. The molecule has 32 heavy (non-hydrogen) atoms. The minimum Gasteiger partial charge on any atom is -0.427 e. The van der Waals surface area contributed by atoms with E-state index in [-0.39, 0.29) is 23.7 Å². The Morgan fingerprint density at radius 2 is 1.69 bits per heavy atom. The third-order valence-corrected chi connectivity index (χ3v) is 8.77. The largest absolute Gasteiger partial charge is 0.495 e. The molecule has 2 aliphatic heterocycles. The quantitative estimate of drug-likeness (QED) is 0.713. The monoisotopic (exact) mass is 440 g/mol. The van der Waals surface area contributed by atoms with Crippen LogP contribution in [0.2, 0.25) is 0 Å². The Hall–Kier alpha value is -0.850. The van der Waals surface area contributed by atoms with E-state index in [0.29, 0.717) is 0 Å². The molecule has 4 rings (SSSR count). The second kappa shape index (κ2) is 7.58. The van der Waals surface area contributed by atoms with E-state index < -0.39 is 11.2 Å². The van der Waals surface area contributed by atoms with Gasteiger partial charge in [0, 0.05) is 12.0 Å². The molecule has 5 nitrogen and oxygen atoms in total. The first-order valence-corrected chi connectivity index (χ1v) is 12.0. The van der Waals surface area contributed by atoms with Gasteiger partial charge in [0.25, 0.3) is 0 Å². The van der Waals surface area contributed by atoms with Crippen molar-refractivity contribution in [2.45, 2.75) is 102 Å². The Bertz CT molecular complexity index is 877. The van der Waals surface area contributed by atoms with Crippen molar-refractivity contribution < 1.29 is 19.1 Å². The molecule has 2 saturated heterocycles. The van der Waals surface area contributed by atoms with Gasteiger partial charge >= 0.3 is 14.6 Å². The SMILES string of the molecule is CN1CCC2(CCc3c([B]OC(C)(C)C(C)(C)O)ccc(B4OC(C)(C)C(C)(C)O4)c32)C1. The van der Waals surface area contributed by atoms with Crippen LogP contribution in [0.3, 0.4) is 0 Å². The molecule has 7 heteroatoms. The normalized spacial score (nSPS) is 27.4. The Labute approximate surface area is 195 Å². The molecule has 2 heterocycles. The first kappa shape index (κ1) is 24.3. The maximum Gasteiger partial charge on any atom is 0.495 e. The van der Waals surface area contributed by atoms with Gasteiger partial charge in [-0.25, -0.2) is 0 Å². The minimum atomic E-state index is -0.954. The first-order chi connectivity index (χ1) is 14.6. The van der Waals surface area contributed by atoms with Gasteiger partial charge in [-0.2, -0.15) is 0 Å². The van der Waals surface area contributed by atoms with E-state index in [1.54, 1.807) is 13.8 Å². The summed E-state index contributed by atoms with van der Waals surface area (Å²) >= 11 is 0. The fraction of sp³-hybridized carbons (Fsp3) is 0.760. The van der Waals surface area contributed by atoms with Gasteiger partial charge in [-0.3, -0.25) is 0 Å². The lowest BCUT2D eigenvalue weighted by molar-refractivity contribution is -0.0893. The third-order valence-electron chi connectivity index (χ3n) is 8.77. The molecule has 1 radical (unpaired) electrons. The van der Waals surface area contributed by atoms with Crippen molar-refractivity contribution >= 4 is 25.5 Å². The fourth-order valence-corrected chi connectivity index (χ4v) is 5.19. The molecule has 1 aromatic carbocycles. The number of hydrogen-bond donors (Lipinski definition) is 1. The molecule has 1 aliphatic carbocycles. The average molecular weight is 440 g/mol. The summed E-state index contributed by atoms with van der Waals surface area (Å²) in [7, 11) is 3.70. The highest BCUT2D eigenvalue weighted by Crippen LogP contribution is 2.45. The summed E-state index contributed by atoms with van der Waals surface area (Å²) < 4.78 is 19.1. The molecule has 3 aliphatic rings. The van der Waals surface area contributed by atoms with Crippen LogP contribution in [0.1, 0.15) is 79.4 Å². The summed E-state index contributed by atoms with van der Waals surface area (Å²) in [6.45, 7) is 18.0. The molecule has 0 saturated carbocycles. The number of aliphatic hydroxyl groups is 1. The molecule has 1 unspecified atom stereocenters. The summed E-state index contributed by atoms with van der Waals surface area (Å²) in [5.74, 6) is 0. The van der Waals surface area contributed by atoms with Crippen LogP contribution in [0.15, 0.2) is 12.1 Å². The van der Waals surface area contributed by atoms with Crippen molar-refractivity contribution in [2.75, 3.05) is 20.1 Å². The highest BCUT2D eigenvalue weighted by atomic mass is 16.7.